The van der Waals surface area contributed by atoms with Gasteiger partial charge in [0.25, 0.3) is 0 Å². The van der Waals surface area contributed by atoms with Crippen molar-refractivity contribution < 1.29 is 9.59 Å². The summed E-state index contributed by atoms with van der Waals surface area (Å²) >= 11 is 1.45. The van der Waals surface area contributed by atoms with E-state index in [1.54, 1.807) is 0 Å². The van der Waals surface area contributed by atoms with Gasteiger partial charge in [0.2, 0.25) is 0 Å². The average Bonchev–Trinajstić information content (AvgIpc) is 2.97. The first kappa shape index (κ1) is 13.1. The zero-order valence-electron chi connectivity index (χ0n) is 11.2. The summed E-state index contributed by atoms with van der Waals surface area (Å²) < 4.78 is 0. The normalized spacial score (nSPS) is 20.1. The van der Waals surface area contributed by atoms with E-state index in [2.05, 4.69) is 22.4 Å². The molecule has 1 atom stereocenters. The van der Waals surface area contributed by atoms with E-state index in [0.29, 0.717) is 10.6 Å². The van der Waals surface area contributed by atoms with Gasteiger partial charge >= 0.3 is 6.03 Å². The van der Waals surface area contributed by atoms with Crippen molar-refractivity contribution in [2.75, 3.05) is 18.4 Å². The molecule has 1 aromatic heterocycles. The Kier molecular flexibility index (Phi) is 3.21. The highest BCUT2D eigenvalue weighted by molar-refractivity contribution is 7.17. The highest BCUT2D eigenvalue weighted by atomic mass is 32.1. The van der Waals surface area contributed by atoms with Crippen molar-refractivity contribution in [1.29, 1.82) is 0 Å². The fourth-order valence-electron chi connectivity index (χ4n) is 2.88. The highest BCUT2D eigenvalue weighted by Gasteiger charge is 2.36. The van der Waals surface area contributed by atoms with E-state index < -0.39 is 6.03 Å². The molecule has 20 heavy (non-hydrogen) atoms. The number of carbonyl (C=O) groups excluding carboxylic acids is 2. The Labute approximate surface area is 120 Å². The van der Waals surface area contributed by atoms with Gasteiger partial charge in [-0.15, -0.1) is 11.3 Å². The van der Waals surface area contributed by atoms with Crippen molar-refractivity contribution in [1.82, 2.24) is 5.01 Å². The summed E-state index contributed by atoms with van der Waals surface area (Å²) in [6.07, 6.45) is 2.49. The van der Waals surface area contributed by atoms with Gasteiger partial charge < -0.3 is 5.73 Å². The number of aldehydes is 1. The number of hydrazone groups is 1. The van der Waals surface area contributed by atoms with Crippen LogP contribution in [0.2, 0.25) is 0 Å². The lowest BCUT2D eigenvalue weighted by molar-refractivity contribution is 0.112. The maximum Gasteiger partial charge on any atom is 0.317 e. The number of nitrogens with two attached hydrogens (primary N) is 1. The molecule has 0 spiro atoms. The van der Waals surface area contributed by atoms with E-state index in [0.717, 1.165) is 42.7 Å². The van der Waals surface area contributed by atoms with Crippen molar-refractivity contribution in [3.8, 4) is 0 Å². The lowest BCUT2D eigenvalue weighted by Crippen LogP contribution is -2.21. The van der Waals surface area contributed by atoms with Crippen LogP contribution < -0.4 is 11.1 Å². The molecule has 106 valence electrons. The number of nitrogens with zero attached hydrogens (tertiary/aromatic N) is 2. The molecule has 2 heterocycles. The third kappa shape index (κ3) is 1.98. The van der Waals surface area contributed by atoms with Crippen LogP contribution in [-0.2, 0) is 6.42 Å². The molecule has 3 rings (SSSR count). The molecular formula is C13H16N4O2S. The Balaban J connectivity index is 2.01. The Morgan fingerprint density at radius 2 is 2.40 bits per heavy atom. The van der Waals surface area contributed by atoms with Crippen molar-refractivity contribution in [2.45, 2.75) is 25.7 Å². The van der Waals surface area contributed by atoms with Crippen molar-refractivity contribution >= 4 is 34.4 Å². The van der Waals surface area contributed by atoms with Crippen LogP contribution >= 0.6 is 11.3 Å². The van der Waals surface area contributed by atoms with E-state index in [-0.39, 0.29) is 5.92 Å². The summed E-state index contributed by atoms with van der Waals surface area (Å²) in [5, 5.41) is 9.78. The van der Waals surface area contributed by atoms with Gasteiger partial charge in [0.15, 0.2) is 6.29 Å². The van der Waals surface area contributed by atoms with Crippen LogP contribution in [0.4, 0.5) is 9.80 Å². The minimum atomic E-state index is -0.637. The molecule has 0 fully saturated rings. The Hall–Kier alpha value is -1.89. The standard InChI is InChI=1S/C13H16N4O2S/c1-2-17-5-8-10(16-17)4-3-7-9(6-18)12(15-13(14)19)20-11(7)8/h6,8H,2-5H2,1H3,(H3,14,15,19). The van der Waals surface area contributed by atoms with Gasteiger partial charge in [0, 0.05) is 23.7 Å². The molecule has 0 radical (unpaired) electrons. The summed E-state index contributed by atoms with van der Waals surface area (Å²) in [4.78, 5) is 23.5. The smallest absolute Gasteiger partial charge is 0.317 e. The van der Waals surface area contributed by atoms with Gasteiger partial charge in [0.05, 0.1) is 11.5 Å². The summed E-state index contributed by atoms with van der Waals surface area (Å²) in [6.45, 7) is 3.81. The number of hydrogen-bond donors (Lipinski definition) is 2. The Bertz CT molecular complexity index is 608. The second-order valence-corrected chi connectivity index (χ2v) is 6.00. The van der Waals surface area contributed by atoms with Gasteiger partial charge in [0.1, 0.15) is 5.00 Å². The number of anilines is 1. The SMILES string of the molecule is CCN1CC2C(=N1)CCc1c2sc(NC(N)=O)c1C=O. The molecule has 3 N–H and O–H groups in total. The molecule has 1 aromatic rings. The molecule has 1 aliphatic heterocycles. The maximum absolute atomic E-state index is 11.3. The van der Waals surface area contributed by atoms with Crippen LogP contribution in [0.15, 0.2) is 5.10 Å². The molecule has 0 bridgehead atoms. The number of urea groups is 1. The predicted molar refractivity (Wildman–Crippen MR) is 78.7 cm³/mol. The number of primary amides is 1. The number of carbonyl (C=O) groups is 2. The molecule has 2 aliphatic rings. The van der Waals surface area contributed by atoms with Gasteiger partial charge in [-0.05, 0) is 25.3 Å². The van der Waals surface area contributed by atoms with E-state index >= 15 is 0 Å². The Morgan fingerprint density at radius 1 is 1.60 bits per heavy atom. The zero-order chi connectivity index (χ0) is 14.3. The number of fused-ring (bicyclic) bond motifs is 3. The minimum absolute atomic E-state index is 0.255. The third-order valence-corrected chi connectivity index (χ3v) is 5.09. The minimum Gasteiger partial charge on any atom is -0.351 e. The topological polar surface area (TPSA) is 87.8 Å². The van der Waals surface area contributed by atoms with Gasteiger partial charge in [-0.1, -0.05) is 0 Å². The zero-order valence-corrected chi connectivity index (χ0v) is 12.0. The first-order chi connectivity index (χ1) is 9.63. The van der Waals surface area contributed by atoms with Crippen molar-refractivity contribution in [2.24, 2.45) is 10.8 Å². The van der Waals surface area contributed by atoms with Crippen LogP contribution in [0.25, 0.3) is 0 Å². The van der Waals surface area contributed by atoms with Gasteiger partial charge in [-0.3, -0.25) is 15.1 Å². The maximum atomic E-state index is 11.3. The number of hydrogen-bond acceptors (Lipinski definition) is 5. The number of rotatable bonds is 3. The van der Waals surface area contributed by atoms with Crippen molar-refractivity contribution in [3.63, 3.8) is 0 Å². The molecule has 0 saturated carbocycles. The quantitative estimate of drug-likeness (QED) is 0.832. The van der Waals surface area contributed by atoms with Crippen LogP contribution in [0.3, 0.4) is 0 Å². The molecule has 2 amide bonds. The van der Waals surface area contributed by atoms with Gasteiger partial charge in [-0.25, -0.2) is 4.79 Å². The fourth-order valence-corrected chi connectivity index (χ4v) is 4.23. The fraction of sp³-hybridized carbons (Fsp3) is 0.462. The molecule has 6 nitrogen and oxygen atoms in total. The van der Waals surface area contributed by atoms with Crippen LogP contribution in [0.1, 0.15) is 40.1 Å². The first-order valence-electron chi connectivity index (χ1n) is 6.63. The molecule has 0 aromatic carbocycles. The summed E-state index contributed by atoms with van der Waals surface area (Å²) in [5.74, 6) is 0.255. The highest BCUT2D eigenvalue weighted by Crippen LogP contribution is 2.43. The monoisotopic (exact) mass is 292 g/mol. The predicted octanol–water partition coefficient (Wildman–Crippen LogP) is 1.77. The lowest BCUT2D eigenvalue weighted by atomic mass is 9.86. The summed E-state index contributed by atoms with van der Waals surface area (Å²) in [5.41, 5.74) is 7.98. The second kappa shape index (κ2) is 4.90. The van der Waals surface area contributed by atoms with Crippen molar-refractivity contribution in [3.05, 3.63) is 16.0 Å². The molecule has 1 unspecified atom stereocenters. The van der Waals surface area contributed by atoms with Crippen LogP contribution in [0.5, 0.6) is 0 Å². The number of thiophene rings is 1. The van der Waals surface area contributed by atoms with E-state index in [9.17, 15) is 9.59 Å². The van der Waals surface area contributed by atoms with E-state index in [1.807, 2.05) is 0 Å². The largest absolute Gasteiger partial charge is 0.351 e. The van der Waals surface area contributed by atoms with E-state index in [1.165, 1.54) is 17.0 Å². The number of nitrogens with one attached hydrogen (secondary N) is 1. The molecular weight excluding hydrogens is 276 g/mol. The average molecular weight is 292 g/mol. The summed E-state index contributed by atoms with van der Waals surface area (Å²) in [7, 11) is 0. The second-order valence-electron chi connectivity index (χ2n) is 4.94. The van der Waals surface area contributed by atoms with Gasteiger partial charge in [-0.2, -0.15) is 5.10 Å². The number of amides is 2. The molecule has 0 saturated heterocycles. The Morgan fingerprint density at radius 3 is 3.05 bits per heavy atom. The summed E-state index contributed by atoms with van der Waals surface area (Å²) in [6, 6.07) is -0.637. The van der Waals surface area contributed by atoms with E-state index in [4.69, 9.17) is 5.73 Å². The number of likely N-dealkylation sites (N-methyl/N-ethyl adjacent to an activating group) is 1. The first-order valence-corrected chi connectivity index (χ1v) is 7.45. The molecule has 1 aliphatic carbocycles. The van der Waals surface area contributed by atoms with Crippen LogP contribution in [0, 0.1) is 0 Å². The third-order valence-electron chi connectivity index (χ3n) is 3.81. The lowest BCUT2D eigenvalue weighted by Gasteiger charge is -2.19. The van der Waals surface area contributed by atoms with Crippen LogP contribution in [-0.4, -0.2) is 36.1 Å². The molecule has 7 heteroatoms.